The van der Waals surface area contributed by atoms with Crippen molar-refractivity contribution in [3.05, 3.63) is 35.9 Å². The van der Waals surface area contributed by atoms with Crippen LogP contribution in [0.2, 0.25) is 6.32 Å². The van der Waals surface area contributed by atoms with Crippen molar-refractivity contribution in [2.45, 2.75) is 51.6 Å². The van der Waals surface area contributed by atoms with E-state index in [9.17, 15) is 4.79 Å². The number of hydrogen-bond donors (Lipinski definition) is 0. The van der Waals surface area contributed by atoms with Gasteiger partial charge in [-0.3, -0.25) is 4.79 Å². The highest BCUT2D eigenvalue weighted by molar-refractivity contribution is 6.46. The van der Waals surface area contributed by atoms with Gasteiger partial charge in [0, 0.05) is 12.0 Å². The number of carbonyl (C=O) groups is 1. The summed E-state index contributed by atoms with van der Waals surface area (Å²) in [7, 11) is -0.294. The zero-order valence-electron chi connectivity index (χ0n) is 12.1. The molecule has 1 aromatic rings. The fourth-order valence-electron chi connectivity index (χ4n) is 2.10. The second-order valence-corrected chi connectivity index (χ2v) is 6.01. The Bertz CT molecular complexity index is 438. The predicted octanol–water partition coefficient (Wildman–Crippen LogP) is 3.35. The molecule has 1 aromatic carbocycles. The lowest BCUT2D eigenvalue weighted by molar-refractivity contribution is 0.00578. The molecule has 0 aliphatic carbocycles. The van der Waals surface area contributed by atoms with Crippen molar-refractivity contribution >= 4 is 12.9 Å². The summed E-state index contributed by atoms with van der Waals surface area (Å²) in [4.78, 5) is 12.0. The minimum absolute atomic E-state index is 0.135. The molecule has 0 atom stereocenters. The lowest BCUT2D eigenvalue weighted by Gasteiger charge is -2.32. The van der Waals surface area contributed by atoms with E-state index in [1.807, 2.05) is 58.0 Å². The van der Waals surface area contributed by atoms with E-state index in [1.54, 1.807) is 0 Å². The molecule has 0 N–H and O–H groups in total. The van der Waals surface area contributed by atoms with E-state index in [0.717, 1.165) is 5.56 Å². The smallest absolute Gasteiger partial charge is 0.403 e. The summed E-state index contributed by atoms with van der Waals surface area (Å²) in [6.07, 6.45) is 1.04. The Morgan fingerprint density at radius 2 is 1.58 bits per heavy atom. The van der Waals surface area contributed by atoms with Crippen LogP contribution in [0.3, 0.4) is 0 Å². The van der Waals surface area contributed by atoms with Crippen molar-refractivity contribution in [2.24, 2.45) is 0 Å². The van der Waals surface area contributed by atoms with Gasteiger partial charge in [-0.05, 0) is 34.0 Å². The number of rotatable bonds is 4. The Morgan fingerprint density at radius 3 is 2.11 bits per heavy atom. The Labute approximate surface area is 115 Å². The number of benzene rings is 1. The molecule has 19 heavy (non-hydrogen) atoms. The third kappa shape index (κ3) is 3.07. The van der Waals surface area contributed by atoms with Gasteiger partial charge in [0.25, 0.3) is 0 Å². The second kappa shape index (κ2) is 5.10. The van der Waals surface area contributed by atoms with E-state index >= 15 is 0 Å². The SMILES string of the molecule is CC1(C)OB(CCC(=O)c2ccccc2)OC1(C)C. The van der Waals surface area contributed by atoms with Gasteiger partial charge in [0.2, 0.25) is 0 Å². The molecule has 4 heteroatoms. The van der Waals surface area contributed by atoms with Crippen LogP contribution in [0, 0.1) is 0 Å². The van der Waals surface area contributed by atoms with E-state index in [1.165, 1.54) is 0 Å². The molecule has 1 aliphatic heterocycles. The van der Waals surface area contributed by atoms with Crippen molar-refractivity contribution in [1.29, 1.82) is 0 Å². The molecular weight excluding hydrogens is 239 g/mol. The summed E-state index contributed by atoms with van der Waals surface area (Å²) < 4.78 is 11.8. The third-order valence-electron chi connectivity index (χ3n) is 4.00. The highest BCUT2D eigenvalue weighted by atomic mass is 16.7. The molecule has 1 saturated heterocycles. The predicted molar refractivity (Wildman–Crippen MR) is 76.3 cm³/mol. The van der Waals surface area contributed by atoms with Crippen LogP contribution in [0.15, 0.2) is 30.3 Å². The molecule has 3 nitrogen and oxygen atoms in total. The average Bonchev–Trinajstić information content (AvgIpc) is 2.56. The van der Waals surface area contributed by atoms with Crippen molar-refractivity contribution in [1.82, 2.24) is 0 Å². The van der Waals surface area contributed by atoms with Gasteiger partial charge in [0.05, 0.1) is 11.2 Å². The molecule has 0 saturated carbocycles. The molecule has 0 unspecified atom stereocenters. The van der Waals surface area contributed by atoms with Gasteiger partial charge in [-0.1, -0.05) is 30.3 Å². The Balaban J connectivity index is 1.90. The average molecular weight is 260 g/mol. The molecule has 0 spiro atoms. The highest BCUT2D eigenvalue weighted by Crippen LogP contribution is 2.38. The number of ketones is 1. The fraction of sp³-hybridized carbons (Fsp3) is 0.533. The van der Waals surface area contributed by atoms with Crippen molar-refractivity contribution in [3.8, 4) is 0 Å². The zero-order valence-corrected chi connectivity index (χ0v) is 12.1. The van der Waals surface area contributed by atoms with Gasteiger partial charge in [-0.2, -0.15) is 0 Å². The van der Waals surface area contributed by atoms with Gasteiger partial charge < -0.3 is 9.31 Å². The first kappa shape index (κ1) is 14.3. The van der Waals surface area contributed by atoms with E-state index in [2.05, 4.69) is 0 Å². The molecule has 102 valence electrons. The van der Waals surface area contributed by atoms with E-state index in [0.29, 0.717) is 12.7 Å². The third-order valence-corrected chi connectivity index (χ3v) is 4.00. The van der Waals surface area contributed by atoms with Crippen LogP contribution in [0.4, 0.5) is 0 Å². The minimum Gasteiger partial charge on any atom is -0.403 e. The Morgan fingerprint density at radius 1 is 1.05 bits per heavy atom. The van der Waals surface area contributed by atoms with Gasteiger partial charge in [0.15, 0.2) is 5.78 Å². The van der Waals surface area contributed by atoms with E-state index in [-0.39, 0.29) is 24.1 Å². The maximum atomic E-state index is 12.0. The van der Waals surface area contributed by atoms with Crippen molar-refractivity contribution < 1.29 is 14.1 Å². The van der Waals surface area contributed by atoms with Gasteiger partial charge >= 0.3 is 7.12 Å². The van der Waals surface area contributed by atoms with Crippen LogP contribution in [0.25, 0.3) is 0 Å². The zero-order chi connectivity index (χ0) is 14.1. The summed E-state index contributed by atoms with van der Waals surface area (Å²) in [5, 5.41) is 0. The lowest BCUT2D eigenvalue weighted by Crippen LogP contribution is -2.41. The van der Waals surface area contributed by atoms with Crippen LogP contribution in [0.5, 0.6) is 0 Å². The summed E-state index contributed by atoms with van der Waals surface area (Å²) in [6.45, 7) is 8.08. The number of carbonyl (C=O) groups excluding carboxylic acids is 1. The Kier molecular flexibility index (Phi) is 3.84. The minimum atomic E-state index is -0.326. The first-order chi connectivity index (χ1) is 8.82. The summed E-state index contributed by atoms with van der Waals surface area (Å²) >= 11 is 0. The largest absolute Gasteiger partial charge is 0.458 e. The van der Waals surface area contributed by atoms with Crippen molar-refractivity contribution in [3.63, 3.8) is 0 Å². The molecular formula is C15H21BO3. The van der Waals surface area contributed by atoms with E-state index < -0.39 is 0 Å². The quantitative estimate of drug-likeness (QED) is 0.615. The number of hydrogen-bond acceptors (Lipinski definition) is 3. The van der Waals surface area contributed by atoms with Gasteiger partial charge in [-0.25, -0.2) is 0 Å². The lowest BCUT2D eigenvalue weighted by atomic mass is 9.81. The molecule has 1 fully saturated rings. The van der Waals surface area contributed by atoms with Crippen LogP contribution in [0.1, 0.15) is 44.5 Å². The molecule has 2 rings (SSSR count). The molecule has 1 heterocycles. The van der Waals surface area contributed by atoms with Gasteiger partial charge in [0.1, 0.15) is 0 Å². The van der Waals surface area contributed by atoms with Crippen LogP contribution in [-0.2, 0) is 9.31 Å². The summed E-state index contributed by atoms with van der Waals surface area (Å²) in [5.41, 5.74) is 0.0972. The normalized spacial score (nSPS) is 20.5. The summed E-state index contributed by atoms with van der Waals surface area (Å²) in [5.74, 6) is 0.135. The summed E-state index contributed by atoms with van der Waals surface area (Å²) in [6, 6.07) is 9.34. The fourth-order valence-corrected chi connectivity index (χ4v) is 2.10. The highest BCUT2D eigenvalue weighted by Gasteiger charge is 2.50. The molecule has 0 bridgehead atoms. The molecule has 0 radical (unpaired) electrons. The van der Waals surface area contributed by atoms with Crippen molar-refractivity contribution in [2.75, 3.05) is 0 Å². The Hall–Kier alpha value is -1.13. The van der Waals surface area contributed by atoms with Crippen LogP contribution < -0.4 is 0 Å². The first-order valence-electron chi connectivity index (χ1n) is 6.76. The maximum Gasteiger partial charge on any atom is 0.458 e. The monoisotopic (exact) mass is 260 g/mol. The van der Waals surface area contributed by atoms with Gasteiger partial charge in [-0.15, -0.1) is 0 Å². The first-order valence-corrected chi connectivity index (χ1v) is 6.76. The standard InChI is InChI=1S/C15H21BO3/c1-14(2)15(3,4)19-16(18-14)11-10-13(17)12-8-6-5-7-9-12/h5-9H,10-11H2,1-4H3. The molecule has 1 aliphatic rings. The second-order valence-electron chi connectivity index (χ2n) is 6.01. The van der Waals surface area contributed by atoms with Crippen LogP contribution in [-0.4, -0.2) is 24.1 Å². The topological polar surface area (TPSA) is 35.5 Å². The maximum absolute atomic E-state index is 12.0. The molecule has 0 aromatic heterocycles. The van der Waals surface area contributed by atoms with Crippen LogP contribution >= 0.6 is 0 Å². The molecule has 0 amide bonds. The number of Topliss-reactive ketones (excluding diaryl/α,β-unsaturated/α-hetero) is 1. The van der Waals surface area contributed by atoms with E-state index in [4.69, 9.17) is 9.31 Å².